The van der Waals surface area contributed by atoms with E-state index in [0.717, 1.165) is 29.5 Å². The number of nitrogens with zero attached hydrogens (tertiary/aromatic N) is 4. The first-order chi connectivity index (χ1) is 6.74. The summed E-state index contributed by atoms with van der Waals surface area (Å²) in [5.74, 6) is 1.48. The van der Waals surface area contributed by atoms with Crippen LogP contribution >= 0.6 is 0 Å². The van der Waals surface area contributed by atoms with Gasteiger partial charge in [0.05, 0.1) is 5.69 Å². The molecule has 0 saturated carbocycles. The first-order valence-electron chi connectivity index (χ1n) is 4.65. The Morgan fingerprint density at radius 3 is 2.86 bits per heavy atom. The van der Waals surface area contributed by atoms with Crippen LogP contribution in [0.2, 0.25) is 0 Å². The van der Waals surface area contributed by atoms with Crippen molar-refractivity contribution in [2.24, 2.45) is 0 Å². The Hall–Kier alpha value is -1.65. The van der Waals surface area contributed by atoms with Crippen LogP contribution in [-0.2, 0) is 6.42 Å². The van der Waals surface area contributed by atoms with Crippen LogP contribution < -0.4 is 5.32 Å². The van der Waals surface area contributed by atoms with Crippen molar-refractivity contribution in [1.82, 2.24) is 19.6 Å². The summed E-state index contributed by atoms with van der Waals surface area (Å²) in [6.45, 7) is 3.95. The summed E-state index contributed by atoms with van der Waals surface area (Å²) in [5.41, 5.74) is 1.88. The van der Waals surface area contributed by atoms with Crippen LogP contribution in [0.25, 0.3) is 5.65 Å². The fourth-order valence-electron chi connectivity index (χ4n) is 1.38. The van der Waals surface area contributed by atoms with Crippen LogP contribution in [0.4, 0.5) is 5.95 Å². The average Bonchev–Trinajstić information content (AvgIpc) is 2.59. The Balaban J connectivity index is 2.71. The molecule has 0 saturated heterocycles. The summed E-state index contributed by atoms with van der Waals surface area (Å²) in [5, 5.41) is 7.37. The number of aryl methyl sites for hydroxylation is 2. The zero-order chi connectivity index (χ0) is 10.1. The first-order valence-corrected chi connectivity index (χ1v) is 4.65. The van der Waals surface area contributed by atoms with Crippen molar-refractivity contribution in [2.45, 2.75) is 20.3 Å². The van der Waals surface area contributed by atoms with E-state index in [1.165, 1.54) is 0 Å². The van der Waals surface area contributed by atoms with Gasteiger partial charge in [-0.2, -0.15) is 14.6 Å². The summed E-state index contributed by atoms with van der Waals surface area (Å²) >= 11 is 0. The lowest BCUT2D eigenvalue weighted by atomic mass is 10.3. The Morgan fingerprint density at radius 1 is 1.43 bits per heavy atom. The number of anilines is 1. The fourth-order valence-corrected chi connectivity index (χ4v) is 1.38. The first kappa shape index (κ1) is 8.93. The highest BCUT2D eigenvalue weighted by Gasteiger charge is 2.06. The lowest BCUT2D eigenvalue weighted by Gasteiger charge is -2.02. The molecule has 2 rings (SSSR count). The zero-order valence-electron chi connectivity index (χ0n) is 8.57. The average molecular weight is 191 g/mol. The molecule has 0 atom stereocenters. The molecule has 2 aromatic rings. The molecule has 0 radical (unpaired) electrons. The molecule has 1 N–H and O–H groups in total. The van der Waals surface area contributed by atoms with Gasteiger partial charge >= 0.3 is 0 Å². The lowest BCUT2D eigenvalue weighted by molar-refractivity contribution is 0.849. The Labute approximate surface area is 82.2 Å². The molecule has 0 aliphatic carbocycles. The molecular formula is C9H13N5. The van der Waals surface area contributed by atoms with E-state index < -0.39 is 0 Å². The maximum Gasteiger partial charge on any atom is 0.227 e. The normalized spacial score (nSPS) is 10.8. The highest BCUT2D eigenvalue weighted by molar-refractivity contribution is 5.45. The molecule has 0 aliphatic rings. The highest BCUT2D eigenvalue weighted by Crippen LogP contribution is 2.09. The van der Waals surface area contributed by atoms with Crippen molar-refractivity contribution in [3.05, 3.63) is 17.6 Å². The van der Waals surface area contributed by atoms with Gasteiger partial charge in [0.25, 0.3) is 0 Å². The van der Waals surface area contributed by atoms with Crippen molar-refractivity contribution < 1.29 is 0 Å². The van der Waals surface area contributed by atoms with Gasteiger partial charge < -0.3 is 5.32 Å². The second-order valence-corrected chi connectivity index (χ2v) is 3.10. The molecule has 5 nitrogen and oxygen atoms in total. The van der Waals surface area contributed by atoms with E-state index in [0.29, 0.717) is 0 Å². The maximum absolute atomic E-state index is 4.37. The molecule has 0 spiro atoms. The second-order valence-electron chi connectivity index (χ2n) is 3.10. The Kier molecular flexibility index (Phi) is 2.07. The molecule has 0 fully saturated rings. The molecule has 0 bridgehead atoms. The van der Waals surface area contributed by atoms with E-state index in [1.54, 1.807) is 4.52 Å². The molecule has 0 amide bonds. The molecule has 5 heteroatoms. The molecule has 14 heavy (non-hydrogen) atoms. The SMILES string of the molecule is CCc1cc2nc(C)nc(NC)n2n1. The van der Waals surface area contributed by atoms with E-state index in [9.17, 15) is 0 Å². The summed E-state index contributed by atoms with van der Waals surface area (Å²) in [6.07, 6.45) is 0.908. The molecule has 0 aromatic carbocycles. The van der Waals surface area contributed by atoms with Crippen molar-refractivity contribution in [2.75, 3.05) is 12.4 Å². The van der Waals surface area contributed by atoms with Gasteiger partial charge in [0.1, 0.15) is 5.82 Å². The standard InChI is InChI=1S/C9H13N5/c1-4-7-5-8-11-6(2)12-9(10-3)14(8)13-7/h5H,4H2,1-3H3,(H,10,11,12). The van der Waals surface area contributed by atoms with Gasteiger partial charge in [-0.3, -0.25) is 0 Å². The van der Waals surface area contributed by atoms with Crippen molar-refractivity contribution in [3.8, 4) is 0 Å². The zero-order valence-corrected chi connectivity index (χ0v) is 8.57. The van der Waals surface area contributed by atoms with Crippen LogP contribution in [-0.4, -0.2) is 26.6 Å². The summed E-state index contributed by atoms with van der Waals surface area (Å²) in [6, 6.07) is 1.98. The van der Waals surface area contributed by atoms with Crippen LogP contribution in [0.15, 0.2) is 6.07 Å². The van der Waals surface area contributed by atoms with E-state index in [-0.39, 0.29) is 0 Å². The predicted molar refractivity (Wildman–Crippen MR) is 54.4 cm³/mol. The van der Waals surface area contributed by atoms with Crippen LogP contribution in [0.5, 0.6) is 0 Å². The van der Waals surface area contributed by atoms with Gasteiger partial charge in [0, 0.05) is 13.1 Å². The van der Waals surface area contributed by atoms with E-state index in [1.807, 2.05) is 20.0 Å². The molecule has 2 aromatic heterocycles. The number of fused-ring (bicyclic) bond motifs is 1. The smallest absolute Gasteiger partial charge is 0.227 e. The van der Waals surface area contributed by atoms with E-state index in [2.05, 4.69) is 27.3 Å². The van der Waals surface area contributed by atoms with Crippen LogP contribution in [0, 0.1) is 6.92 Å². The highest BCUT2D eigenvalue weighted by atomic mass is 15.3. The third kappa shape index (κ3) is 1.30. The van der Waals surface area contributed by atoms with Crippen molar-refractivity contribution >= 4 is 11.6 Å². The van der Waals surface area contributed by atoms with Crippen LogP contribution in [0.3, 0.4) is 0 Å². The number of nitrogens with one attached hydrogen (secondary N) is 1. The van der Waals surface area contributed by atoms with Crippen molar-refractivity contribution in [1.29, 1.82) is 0 Å². The monoisotopic (exact) mass is 191 g/mol. The minimum absolute atomic E-state index is 0.729. The Bertz CT molecular complexity index is 459. The molecule has 2 heterocycles. The number of hydrogen-bond acceptors (Lipinski definition) is 4. The number of hydrogen-bond donors (Lipinski definition) is 1. The van der Waals surface area contributed by atoms with Crippen molar-refractivity contribution in [3.63, 3.8) is 0 Å². The van der Waals surface area contributed by atoms with Gasteiger partial charge in [-0.05, 0) is 13.3 Å². The summed E-state index contributed by atoms with van der Waals surface area (Å²) in [4.78, 5) is 8.55. The number of aromatic nitrogens is 4. The fraction of sp³-hybridized carbons (Fsp3) is 0.444. The molecule has 0 aliphatic heterocycles. The molecule has 0 unspecified atom stereocenters. The topological polar surface area (TPSA) is 55.1 Å². The minimum atomic E-state index is 0.729. The molecular weight excluding hydrogens is 178 g/mol. The van der Waals surface area contributed by atoms with Gasteiger partial charge in [0.15, 0.2) is 5.65 Å². The minimum Gasteiger partial charge on any atom is -0.357 e. The Morgan fingerprint density at radius 2 is 2.21 bits per heavy atom. The number of rotatable bonds is 2. The predicted octanol–water partition coefficient (Wildman–Crippen LogP) is 1.04. The van der Waals surface area contributed by atoms with Gasteiger partial charge in [-0.25, -0.2) is 4.98 Å². The summed E-state index contributed by atoms with van der Waals surface area (Å²) < 4.78 is 1.73. The maximum atomic E-state index is 4.37. The summed E-state index contributed by atoms with van der Waals surface area (Å²) in [7, 11) is 1.83. The van der Waals surface area contributed by atoms with Gasteiger partial charge in [-0.15, -0.1) is 0 Å². The van der Waals surface area contributed by atoms with Crippen LogP contribution in [0.1, 0.15) is 18.4 Å². The second kappa shape index (κ2) is 3.25. The van der Waals surface area contributed by atoms with Gasteiger partial charge in [-0.1, -0.05) is 6.92 Å². The third-order valence-electron chi connectivity index (χ3n) is 2.07. The van der Waals surface area contributed by atoms with Gasteiger partial charge in [0.2, 0.25) is 5.95 Å². The van der Waals surface area contributed by atoms with E-state index in [4.69, 9.17) is 0 Å². The quantitative estimate of drug-likeness (QED) is 0.770. The largest absolute Gasteiger partial charge is 0.357 e. The lowest BCUT2D eigenvalue weighted by Crippen LogP contribution is -2.05. The third-order valence-corrected chi connectivity index (χ3v) is 2.07. The van der Waals surface area contributed by atoms with E-state index >= 15 is 0 Å². The molecule has 74 valence electrons.